The Morgan fingerprint density at radius 3 is 2.80 bits per heavy atom. The average Bonchev–Trinajstić information content (AvgIpc) is 2.99. The molecule has 0 aliphatic heterocycles. The van der Waals surface area contributed by atoms with Crippen LogP contribution in [0.3, 0.4) is 0 Å². The molecule has 0 spiro atoms. The molecule has 0 saturated heterocycles. The highest BCUT2D eigenvalue weighted by atomic mass is 35.5. The highest BCUT2D eigenvalue weighted by molar-refractivity contribution is 6.18. The maximum atomic E-state index is 11.3. The number of hydrogen-bond acceptors (Lipinski definition) is 1. The van der Waals surface area contributed by atoms with Gasteiger partial charge in [0.25, 0.3) is 0 Å². The number of carbonyl (C=O) groups is 1. The van der Waals surface area contributed by atoms with Crippen LogP contribution in [-0.4, -0.2) is 17.8 Å². The van der Waals surface area contributed by atoms with Crippen molar-refractivity contribution in [3.05, 3.63) is 35.9 Å². The molecule has 1 N–H and O–H groups in total. The van der Waals surface area contributed by atoms with Crippen LogP contribution in [0.1, 0.15) is 24.3 Å². The molecule has 0 radical (unpaired) electrons. The fourth-order valence-electron chi connectivity index (χ4n) is 1.79. The van der Waals surface area contributed by atoms with Crippen molar-refractivity contribution in [2.45, 2.75) is 24.8 Å². The van der Waals surface area contributed by atoms with Crippen LogP contribution in [0.4, 0.5) is 0 Å². The Kier molecular flexibility index (Phi) is 3.27. The summed E-state index contributed by atoms with van der Waals surface area (Å²) in [5.41, 5.74) is 1.31. The summed E-state index contributed by atoms with van der Waals surface area (Å²) < 4.78 is 0. The highest BCUT2D eigenvalue weighted by Gasteiger charge is 2.38. The predicted octanol–water partition coefficient (Wildman–Crippen LogP) is 2.29. The van der Waals surface area contributed by atoms with E-state index in [1.54, 1.807) is 0 Å². The second kappa shape index (κ2) is 4.67. The van der Waals surface area contributed by atoms with Crippen LogP contribution >= 0.6 is 11.6 Å². The maximum Gasteiger partial charge on any atom is 0.221 e. The second-order valence-electron chi connectivity index (χ2n) is 3.87. The van der Waals surface area contributed by atoms with Crippen LogP contribution in [0.25, 0.3) is 0 Å². The fourth-order valence-corrected chi connectivity index (χ4v) is 1.96. The van der Waals surface area contributed by atoms with E-state index in [9.17, 15) is 4.79 Å². The molecule has 1 aromatic carbocycles. The molecule has 1 fully saturated rings. The third-order valence-corrected chi connectivity index (χ3v) is 2.88. The molecule has 0 unspecified atom stereocenters. The van der Waals surface area contributed by atoms with Crippen LogP contribution in [0.15, 0.2) is 30.3 Å². The van der Waals surface area contributed by atoms with Gasteiger partial charge in [-0.1, -0.05) is 30.3 Å². The van der Waals surface area contributed by atoms with Gasteiger partial charge >= 0.3 is 0 Å². The molecule has 15 heavy (non-hydrogen) atoms. The van der Waals surface area contributed by atoms with Crippen molar-refractivity contribution in [2.75, 3.05) is 5.88 Å². The van der Waals surface area contributed by atoms with Crippen molar-refractivity contribution < 1.29 is 4.79 Å². The summed E-state index contributed by atoms with van der Waals surface area (Å²) in [6.45, 7) is 0. The molecule has 2 atom stereocenters. The molecule has 3 heteroatoms. The minimum absolute atomic E-state index is 0.0634. The van der Waals surface area contributed by atoms with E-state index >= 15 is 0 Å². The quantitative estimate of drug-likeness (QED) is 0.780. The van der Waals surface area contributed by atoms with Gasteiger partial charge < -0.3 is 5.32 Å². The minimum Gasteiger partial charge on any atom is -0.353 e. The number of rotatable bonds is 4. The Hall–Kier alpha value is -1.02. The standard InChI is InChI=1S/C12H14ClNO/c13-7-6-12(15)14-11-8-10(11)9-4-2-1-3-5-9/h1-5,10-11H,6-8H2,(H,14,15)/t10-,11-/m1/s1. The lowest BCUT2D eigenvalue weighted by molar-refractivity contribution is -0.120. The minimum atomic E-state index is 0.0634. The number of benzene rings is 1. The molecular formula is C12H14ClNO. The Morgan fingerprint density at radius 2 is 2.13 bits per heavy atom. The lowest BCUT2D eigenvalue weighted by Crippen LogP contribution is -2.26. The smallest absolute Gasteiger partial charge is 0.221 e. The molecule has 1 aliphatic rings. The summed E-state index contributed by atoms with van der Waals surface area (Å²) in [5, 5.41) is 2.98. The summed E-state index contributed by atoms with van der Waals surface area (Å²) in [7, 11) is 0. The maximum absolute atomic E-state index is 11.3. The van der Waals surface area contributed by atoms with Crippen molar-refractivity contribution in [3.63, 3.8) is 0 Å². The van der Waals surface area contributed by atoms with E-state index in [0.29, 0.717) is 24.3 Å². The zero-order valence-corrected chi connectivity index (χ0v) is 9.20. The second-order valence-corrected chi connectivity index (χ2v) is 4.24. The van der Waals surface area contributed by atoms with Gasteiger partial charge in [0.15, 0.2) is 0 Å². The number of hydrogen-bond donors (Lipinski definition) is 1. The Morgan fingerprint density at radius 1 is 1.40 bits per heavy atom. The van der Waals surface area contributed by atoms with Gasteiger partial charge in [-0.05, 0) is 12.0 Å². The van der Waals surface area contributed by atoms with Crippen molar-refractivity contribution in [3.8, 4) is 0 Å². The van der Waals surface area contributed by atoms with Gasteiger partial charge in [0.1, 0.15) is 0 Å². The first-order valence-electron chi connectivity index (χ1n) is 5.21. The first-order chi connectivity index (χ1) is 7.31. The average molecular weight is 224 g/mol. The van der Waals surface area contributed by atoms with E-state index in [1.165, 1.54) is 5.56 Å². The predicted molar refractivity (Wildman–Crippen MR) is 61.1 cm³/mol. The van der Waals surface area contributed by atoms with Gasteiger partial charge in [-0.15, -0.1) is 11.6 Å². The molecule has 0 bridgehead atoms. The molecule has 2 nitrogen and oxygen atoms in total. The van der Waals surface area contributed by atoms with E-state index in [1.807, 2.05) is 18.2 Å². The molecule has 2 rings (SSSR count). The summed E-state index contributed by atoms with van der Waals surface area (Å²) in [6, 6.07) is 10.6. The number of carbonyl (C=O) groups excluding carboxylic acids is 1. The molecule has 1 saturated carbocycles. The Balaban J connectivity index is 1.84. The van der Waals surface area contributed by atoms with Gasteiger partial charge in [0, 0.05) is 24.3 Å². The number of nitrogens with one attached hydrogen (secondary N) is 1. The lowest BCUT2D eigenvalue weighted by Gasteiger charge is -2.03. The summed E-state index contributed by atoms with van der Waals surface area (Å²) in [4.78, 5) is 11.3. The lowest BCUT2D eigenvalue weighted by atomic mass is 10.1. The van der Waals surface area contributed by atoms with Crippen molar-refractivity contribution in [1.29, 1.82) is 0 Å². The first kappa shape index (κ1) is 10.5. The first-order valence-corrected chi connectivity index (χ1v) is 5.75. The summed E-state index contributed by atoms with van der Waals surface area (Å²) >= 11 is 5.49. The van der Waals surface area contributed by atoms with Crippen molar-refractivity contribution in [1.82, 2.24) is 5.32 Å². The van der Waals surface area contributed by atoms with Crippen molar-refractivity contribution in [2.24, 2.45) is 0 Å². The van der Waals surface area contributed by atoms with E-state index in [2.05, 4.69) is 17.4 Å². The number of amides is 1. The monoisotopic (exact) mass is 223 g/mol. The fraction of sp³-hybridized carbons (Fsp3) is 0.417. The van der Waals surface area contributed by atoms with Gasteiger partial charge in [-0.3, -0.25) is 4.79 Å². The van der Waals surface area contributed by atoms with Crippen LogP contribution < -0.4 is 5.32 Å². The van der Waals surface area contributed by atoms with Gasteiger partial charge in [-0.25, -0.2) is 0 Å². The molecular weight excluding hydrogens is 210 g/mol. The molecule has 0 aromatic heterocycles. The largest absolute Gasteiger partial charge is 0.353 e. The third kappa shape index (κ3) is 2.72. The number of alkyl halides is 1. The Labute approximate surface area is 94.6 Å². The zero-order valence-electron chi connectivity index (χ0n) is 8.45. The molecule has 1 amide bonds. The molecule has 80 valence electrons. The van der Waals surface area contributed by atoms with E-state index in [0.717, 1.165) is 6.42 Å². The molecule has 1 aromatic rings. The van der Waals surface area contributed by atoms with Crippen LogP contribution in [0.5, 0.6) is 0 Å². The van der Waals surface area contributed by atoms with E-state index in [-0.39, 0.29) is 5.91 Å². The summed E-state index contributed by atoms with van der Waals surface area (Å²) in [5.74, 6) is 0.966. The highest BCUT2D eigenvalue weighted by Crippen LogP contribution is 2.40. The Bertz CT molecular complexity index is 339. The zero-order chi connectivity index (χ0) is 10.7. The van der Waals surface area contributed by atoms with Gasteiger partial charge in [0.2, 0.25) is 5.91 Å². The number of halogens is 1. The van der Waals surface area contributed by atoms with Gasteiger partial charge in [0.05, 0.1) is 0 Å². The summed E-state index contributed by atoms with van der Waals surface area (Å²) in [6.07, 6.45) is 1.47. The molecule has 0 heterocycles. The third-order valence-electron chi connectivity index (χ3n) is 2.69. The SMILES string of the molecule is O=C(CCCl)N[C@@H]1C[C@@H]1c1ccccc1. The van der Waals surface area contributed by atoms with Crippen molar-refractivity contribution >= 4 is 17.5 Å². The molecule has 1 aliphatic carbocycles. The topological polar surface area (TPSA) is 29.1 Å². The van der Waals surface area contributed by atoms with Gasteiger partial charge in [-0.2, -0.15) is 0 Å². The van der Waals surface area contributed by atoms with Crippen LogP contribution in [-0.2, 0) is 4.79 Å². The normalized spacial score (nSPS) is 23.5. The van der Waals surface area contributed by atoms with Crippen LogP contribution in [0, 0.1) is 0 Å². The van der Waals surface area contributed by atoms with Crippen LogP contribution in [0.2, 0.25) is 0 Å². The van der Waals surface area contributed by atoms with E-state index in [4.69, 9.17) is 11.6 Å². The van der Waals surface area contributed by atoms with E-state index < -0.39 is 0 Å².